The van der Waals surface area contributed by atoms with Gasteiger partial charge in [0.1, 0.15) is 11.5 Å². The highest BCUT2D eigenvalue weighted by molar-refractivity contribution is 7.80. The Morgan fingerprint density at radius 1 is 1.09 bits per heavy atom. The Labute approximate surface area is 133 Å². The number of rotatable bonds is 2. The van der Waals surface area contributed by atoms with Gasteiger partial charge < -0.3 is 19.9 Å². The zero-order chi connectivity index (χ0) is 15.4. The van der Waals surface area contributed by atoms with Gasteiger partial charge in [0, 0.05) is 13.1 Å². The predicted molar refractivity (Wildman–Crippen MR) is 90.5 cm³/mol. The first kappa shape index (κ1) is 14.5. The molecular formula is C16H15N3O2S. The number of thiocarbonyl (C=S) groups is 1. The lowest BCUT2D eigenvalue weighted by Gasteiger charge is -2.21. The van der Waals surface area contributed by atoms with Gasteiger partial charge in [-0.2, -0.15) is 0 Å². The van der Waals surface area contributed by atoms with Crippen LogP contribution in [0, 0.1) is 0 Å². The average Bonchev–Trinajstić information content (AvgIpc) is 3.15. The molecule has 1 fully saturated rings. The van der Waals surface area contributed by atoms with Gasteiger partial charge in [-0.05, 0) is 59.8 Å². The monoisotopic (exact) mass is 313 g/mol. The van der Waals surface area contributed by atoms with Crippen molar-refractivity contribution < 1.29 is 8.83 Å². The summed E-state index contributed by atoms with van der Waals surface area (Å²) < 4.78 is 10.7. The van der Waals surface area contributed by atoms with Gasteiger partial charge >= 0.3 is 0 Å². The summed E-state index contributed by atoms with van der Waals surface area (Å²) in [5.74, 6) is 1.51. The smallest absolute Gasteiger partial charge is 0.190 e. The van der Waals surface area contributed by atoms with Crippen molar-refractivity contribution in [2.45, 2.75) is 0 Å². The highest BCUT2D eigenvalue weighted by Gasteiger charge is 2.19. The molecule has 0 aliphatic carbocycles. The predicted octanol–water partition coefficient (Wildman–Crippen LogP) is 2.63. The molecule has 1 aliphatic rings. The van der Waals surface area contributed by atoms with Gasteiger partial charge in [-0.1, -0.05) is 0 Å². The first-order valence-electron chi connectivity index (χ1n) is 6.80. The maximum Gasteiger partial charge on any atom is 0.190 e. The first-order valence-corrected chi connectivity index (χ1v) is 7.21. The Kier molecular flexibility index (Phi) is 4.32. The van der Waals surface area contributed by atoms with E-state index in [-0.39, 0.29) is 5.11 Å². The molecule has 0 atom stereocenters. The standard InChI is InChI=1S/C16H15N3O2S/c17-16(22)19-15-11(7-13-3-1-5-20-13)9-18-10-12(15)8-14-4-2-6-21-14/h1-8,18H,9-10H2,(H2,17,22)/b11-7+,12-8+. The quantitative estimate of drug-likeness (QED) is 0.834. The van der Waals surface area contributed by atoms with Crippen LogP contribution in [-0.4, -0.2) is 23.9 Å². The highest BCUT2D eigenvalue weighted by Crippen LogP contribution is 2.19. The minimum absolute atomic E-state index is 0.104. The Morgan fingerprint density at radius 2 is 1.64 bits per heavy atom. The Balaban J connectivity index is 2.02. The van der Waals surface area contributed by atoms with Crippen molar-refractivity contribution in [3.05, 3.63) is 59.5 Å². The van der Waals surface area contributed by atoms with Crippen LogP contribution in [0.1, 0.15) is 11.5 Å². The molecule has 6 heteroatoms. The second-order valence-electron chi connectivity index (χ2n) is 4.77. The summed E-state index contributed by atoms with van der Waals surface area (Å²) in [5, 5.41) is 3.43. The molecule has 1 saturated heterocycles. The molecule has 5 nitrogen and oxygen atoms in total. The van der Waals surface area contributed by atoms with Crippen molar-refractivity contribution in [3.8, 4) is 0 Å². The average molecular weight is 313 g/mol. The third kappa shape index (κ3) is 3.41. The van der Waals surface area contributed by atoms with Gasteiger partial charge in [0.15, 0.2) is 5.11 Å². The van der Waals surface area contributed by atoms with Crippen LogP contribution in [0.3, 0.4) is 0 Å². The summed E-state index contributed by atoms with van der Waals surface area (Å²) >= 11 is 4.95. The molecule has 3 heterocycles. The molecule has 0 aromatic carbocycles. The summed E-state index contributed by atoms with van der Waals surface area (Å²) in [6.07, 6.45) is 7.12. The van der Waals surface area contributed by atoms with Crippen molar-refractivity contribution in [1.29, 1.82) is 0 Å². The van der Waals surface area contributed by atoms with Crippen LogP contribution in [0.4, 0.5) is 0 Å². The fourth-order valence-corrected chi connectivity index (χ4v) is 2.38. The molecule has 0 saturated carbocycles. The molecule has 0 spiro atoms. The van der Waals surface area contributed by atoms with Crippen LogP contribution < -0.4 is 11.1 Å². The number of hydrogen-bond acceptors (Lipinski definition) is 4. The van der Waals surface area contributed by atoms with Crippen LogP contribution in [-0.2, 0) is 0 Å². The maximum atomic E-state index is 5.62. The molecule has 2 aromatic rings. The van der Waals surface area contributed by atoms with E-state index in [9.17, 15) is 0 Å². The van der Waals surface area contributed by atoms with Crippen molar-refractivity contribution in [2.75, 3.05) is 13.1 Å². The SMILES string of the molecule is NC(=S)N=C1/C(=C/c2ccco2)CNC/C1=C\c1ccco1. The second-order valence-corrected chi connectivity index (χ2v) is 5.19. The molecule has 0 bridgehead atoms. The van der Waals surface area contributed by atoms with Crippen molar-refractivity contribution >= 4 is 35.2 Å². The molecular weight excluding hydrogens is 298 g/mol. The van der Waals surface area contributed by atoms with Crippen LogP contribution in [0.5, 0.6) is 0 Å². The minimum Gasteiger partial charge on any atom is -0.465 e. The number of nitrogens with zero attached hydrogens (tertiary/aromatic N) is 1. The van der Waals surface area contributed by atoms with E-state index in [1.807, 2.05) is 36.4 Å². The number of piperidine rings is 1. The van der Waals surface area contributed by atoms with Gasteiger partial charge in [0.2, 0.25) is 0 Å². The van der Waals surface area contributed by atoms with E-state index in [2.05, 4.69) is 10.3 Å². The Hall–Kier alpha value is -2.44. The lowest BCUT2D eigenvalue weighted by atomic mass is 9.96. The van der Waals surface area contributed by atoms with Crippen molar-refractivity contribution in [2.24, 2.45) is 10.7 Å². The number of nitrogens with two attached hydrogens (primary N) is 1. The van der Waals surface area contributed by atoms with E-state index < -0.39 is 0 Å². The second kappa shape index (κ2) is 6.55. The molecule has 0 unspecified atom stereocenters. The van der Waals surface area contributed by atoms with Crippen LogP contribution >= 0.6 is 12.2 Å². The van der Waals surface area contributed by atoms with E-state index >= 15 is 0 Å². The summed E-state index contributed by atoms with van der Waals surface area (Å²) in [6.45, 7) is 1.33. The van der Waals surface area contributed by atoms with E-state index in [0.717, 1.165) is 28.4 Å². The molecule has 112 valence electrons. The summed E-state index contributed by atoms with van der Waals surface area (Å²) in [7, 11) is 0. The van der Waals surface area contributed by atoms with Gasteiger partial charge in [-0.25, -0.2) is 4.99 Å². The molecule has 3 N–H and O–H groups in total. The topological polar surface area (TPSA) is 76.7 Å². The maximum absolute atomic E-state index is 5.62. The van der Waals surface area contributed by atoms with Gasteiger partial charge in [0.05, 0.1) is 18.2 Å². The van der Waals surface area contributed by atoms with Crippen LogP contribution in [0.25, 0.3) is 12.2 Å². The highest BCUT2D eigenvalue weighted by atomic mass is 32.1. The molecule has 3 rings (SSSR count). The number of aliphatic imine (C=N–C) groups is 1. The zero-order valence-corrected chi connectivity index (χ0v) is 12.6. The molecule has 0 amide bonds. The van der Waals surface area contributed by atoms with Crippen LogP contribution in [0.15, 0.2) is 61.8 Å². The number of furan rings is 2. The number of nitrogens with one attached hydrogen (secondary N) is 1. The van der Waals surface area contributed by atoms with E-state index in [1.54, 1.807) is 12.5 Å². The van der Waals surface area contributed by atoms with Gasteiger partial charge in [-0.15, -0.1) is 0 Å². The normalized spacial score (nSPS) is 18.8. The Bertz CT molecular complexity index is 686. The first-order chi connectivity index (χ1) is 10.7. The molecule has 1 aliphatic heterocycles. The zero-order valence-electron chi connectivity index (χ0n) is 11.8. The fourth-order valence-electron chi connectivity index (χ4n) is 2.29. The summed E-state index contributed by atoms with van der Waals surface area (Å²) in [6, 6.07) is 7.45. The minimum atomic E-state index is 0.104. The van der Waals surface area contributed by atoms with E-state index in [1.165, 1.54) is 0 Å². The van der Waals surface area contributed by atoms with E-state index in [0.29, 0.717) is 13.1 Å². The van der Waals surface area contributed by atoms with Gasteiger partial charge in [0.25, 0.3) is 0 Å². The van der Waals surface area contributed by atoms with Crippen molar-refractivity contribution in [1.82, 2.24) is 5.32 Å². The largest absolute Gasteiger partial charge is 0.465 e. The fraction of sp³-hybridized carbons (Fsp3) is 0.125. The van der Waals surface area contributed by atoms with Crippen LogP contribution in [0.2, 0.25) is 0 Å². The lowest BCUT2D eigenvalue weighted by molar-refractivity contribution is 0.556. The summed E-state index contributed by atoms with van der Waals surface area (Å²) in [4.78, 5) is 4.33. The third-order valence-corrected chi connectivity index (χ3v) is 3.27. The van der Waals surface area contributed by atoms with E-state index in [4.69, 9.17) is 26.8 Å². The third-order valence-electron chi connectivity index (χ3n) is 3.18. The Morgan fingerprint density at radius 3 is 2.05 bits per heavy atom. The number of hydrogen-bond donors (Lipinski definition) is 2. The molecule has 22 heavy (non-hydrogen) atoms. The molecule has 2 aromatic heterocycles. The molecule has 0 radical (unpaired) electrons. The van der Waals surface area contributed by atoms with Crippen molar-refractivity contribution in [3.63, 3.8) is 0 Å². The summed E-state index contributed by atoms with van der Waals surface area (Å²) in [5.41, 5.74) is 8.31. The van der Waals surface area contributed by atoms with Gasteiger partial charge in [-0.3, -0.25) is 0 Å². The lowest BCUT2D eigenvalue weighted by Crippen LogP contribution is -2.33.